The van der Waals surface area contributed by atoms with Gasteiger partial charge in [0.15, 0.2) is 0 Å². The molecule has 0 unspecified atom stereocenters. The number of hydrogen-bond acceptors (Lipinski definition) is 5. The molecule has 0 atom stereocenters. The summed E-state index contributed by atoms with van der Waals surface area (Å²) in [7, 11) is 1.30. The predicted molar refractivity (Wildman–Crippen MR) is 109 cm³/mol. The average Bonchev–Trinajstić information content (AvgIpc) is 3.24. The Kier molecular flexibility index (Phi) is 5.86. The minimum absolute atomic E-state index is 0.192. The first-order valence-electron chi connectivity index (χ1n) is 8.43. The summed E-state index contributed by atoms with van der Waals surface area (Å²) in [5.74, 6) is -0.981. The summed E-state index contributed by atoms with van der Waals surface area (Å²) in [5.41, 5.74) is 2.73. The summed E-state index contributed by atoms with van der Waals surface area (Å²) in [5, 5.41) is 7.41. The van der Waals surface area contributed by atoms with Crippen LogP contribution < -0.4 is 10.6 Å². The van der Waals surface area contributed by atoms with Crippen molar-refractivity contribution in [1.29, 1.82) is 0 Å². The van der Waals surface area contributed by atoms with Crippen LogP contribution in [0.15, 0.2) is 60.0 Å². The maximum absolute atomic E-state index is 12.5. The number of nitrogens with one attached hydrogen (secondary N) is 2. The van der Waals surface area contributed by atoms with Crippen LogP contribution in [0, 0.1) is 6.92 Å². The number of esters is 1. The lowest BCUT2D eigenvalue weighted by atomic mass is 10.1. The van der Waals surface area contributed by atoms with Gasteiger partial charge in [0.05, 0.1) is 17.6 Å². The van der Waals surface area contributed by atoms with Gasteiger partial charge in [0.1, 0.15) is 0 Å². The molecule has 1 aromatic heterocycles. The number of thiophene rings is 1. The first-order valence-corrected chi connectivity index (χ1v) is 9.31. The van der Waals surface area contributed by atoms with E-state index < -0.39 is 5.97 Å². The van der Waals surface area contributed by atoms with E-state index in [1.165, 1.54) is 18.4 Å². The lowest BCUT2D eigenvalue weighted by Gasteiger charge is -2.11. The third-order valence-corrected chi connectivity index (χ3v) is 4.93. The van der Waals surface area contributed by atoms with Gasteiger partial charge in [0, 0.05) is 16.9 Å². The molecule has 0 aliphatic heterocycles. The van der Waals surface area contributed by atoms with Crippen LogP contribution in [0.1, 0.15) is 36.0 Å². The molecular formula is C21H18N2O4S. The van der Waals surface area contributed by atoms with Gasteiger partial charge in [0.2, 0.25) is 0 Å². The summed E-state index contributed by atoms with van der Waals surface area (Å²) in [6.45, 7) is 1.83. The number of anilines is 2. The van der Waals surface area contributed by atoms with Crippen molar-refractivity contribution in [1.82, 2.24) is 0 Å². The van der Waals surface area contributed by atoms with E-state index in [2.05, 4.69) is 10.6 Å². The van der Waals surface area contributed by atoms with Crippen molar-refractivity contribution in [3.63, 3.8) is 0 Å². The Balaban J connectivity index is 1.70. The van der Waals surface area contributed by atoms with Gasteiger partial charge in [-0.15, -0.1) is 11.3 Å². The zero-order valence-electron chi connectivity index (χ0n) is 15.3. The zero-order valence-corrected chi connectivity index (χ0v) is 16.1. The predicted octanol–water partition coefficient (Wildman–Crippen LogP) is 4.35. The Labute approximate surface area is 166 Å². The molecule has 0 saturated heterocycles. The largest absolute Gasteiger partial charge is 0.465 e. The van der Waals surface area contributed by atoms with Gasteiger partial charge < -0.3 is 15.4 Å². The monoisotopic (exact) mass is 394 g/mol. The molecule has 0 radical (unpaired) electrons. The van der Waals surface area contributed by atoms with Crippen molar-refractivity contribution >= 4 is 40.5 Å². The van der Waals surface area contributed by atoms with Crippen molar-refractivity contribution in [2.24, 2.45) is 0 Å². The van der Waals surface area contributed by atoms with Crippen LogP contribution >= 0.6 is 11.3 Å². The second kappa shape index (κ2) is 8.49. The summed E-state index contributed by atoms with van der Waals surface area (Å²) >= 11 is 1.36. The zero-order chi connectivity index (χ0) is 20.1. The number of hydrogen-bond donors (Lipinski definition) is 2. The molecule has 3 aromatic rings. The minimum Gasteiger partial charge on any atom is -0.465 e. The summed E-state index contributed by atoms with van der Waals surface area (Å²) < 4.78 is 4.71. The molecule has 2 aromatic carbocycles. The lowest BCUT2D eigenvalue weighted by molar-refractivity contribution is 0.0600. The maximum atomic E-state index is 12.5. The van der Waals surface area contributed by atoms with Crippen LogP contribution in [0.3, 0.4) is 0 Å². The van der Waals surface area contributed by atoms with Crippen molar-refractivity contribution in [3.8, 4) is 0 Å². The molecule has 28 heavy (non-hydrogen) atoms. The van der Waals surface area contributed by atoms with Crippen LogP contribution in [0.25, 0.3) is 0 Å². The van der Waals surface area contributed by atoms with Gasteiger partial charge in [-0.2, -0.15) is 0 Å². The molecule has 2 N–H and O–H groups in total. The normalized spacial score (nSPS) is 10.2. The van der Waals surface area contributed by atoms with Gasteiger partial charge in [-0.1, -0.05) is 12.1 Å². The van der Waals surface area contributed by atoms with Crippen LogP contribution in [0.4, 0.5) is 11.4 Å². The highest BCUT2D eigenvalue weighted by atomic mass is 32.1. The fourth-order valence-corrected chi connectivity index (χ4v) is 3.12. The molecule has 0 spiro atoms. The van der Waals surface area contributed by atoms with Crippen LogP contribution in [-0.4, -0.2) is 24.9 Å². The van der Waals surface area contributed by atoms with Crippen LogP contribution in [0.2, 0.25) is 0 Å². The van der Waals surface area contributed by atoms with E-state index in [9.17, 15) is 14.4 Å². The number of ether oxygens (including phenoxy) is 1. The molecule has 7 heteroatoms. The second-order valence-electron chi connectivity index (χ2n) is 5.98. The smallest absolute Gasteiger partial charge is 0.337 e. The number of carbonyl (C=O) groups is 3. The number of benzene rings is 2. The molecule has 0 aliphatic rings. The highest BCUT2D eigenvalue weighted by molar-refractivity contribution is 7.12. The first-order chi connectivity index (χ1) is 13.5. The Hall–Kier alpha value is -3.45. The Morgan fingerprint density at radius 2 is 1.61 bits per heavy atom. The van der Waals surface area contributed by atoms with Crippen molar-refractivity contribution in [2.75, 3.05) is 17.7 Å². The molecule has 0 saturated carbocycles. The average molecular weight is 394 g/mol. The van der Waals surface area contributed by atoms with E-state index in [1.807, 2.05) is 18.4 Å². The number of carbonyl (C=O) groups excluding carboxylic acids is 3. The minimum atomic E-state index is -0.471. The first kappa shape index (κ1) is 19.3. The number of amides is 2. The quantitative estimate of drug-likeness (QED) is 0.630. The summed E-state index contributed by atoms with van der Waals surface area (Å²) in [6.07, 6.45) is 0. The maximum Gasteiger partial charge on any atom is 0.337 e. The molecule has 1 heterocycles. The SMILES string of the molecule is COC(=O)c1ccc(C)c(NC(=O)c2ccc(NC(=O)c3cccs3)cc2)c1. The number of methoxy groups -OCH3 is 1. The van der Waals surface area contributed by atoms with E-state index in [-0.39, 0.29) is 11.8 Å². The van der Waals surface area contributed by atoms with E-state index in [0.717, 1.165) is 5.56 Å². The molecule has 142 valence electrons. The highest BCUT2D eigenvalue weighted by Gasteiger charge is 2.12. The Morgan fingerprint density at radius 1 is 0.893 bits per heavy atom. The van der Waals surface area contributed by atoms with Gasteiger partial charge in [0.25, 0.3) is 11.8 Å². The van der Waals surface area contributed by atoms with E-state index >= 15 is 0 Å². The van der Waals surface area contributed by atoms with Crippen molar-refractivity contribution < 1.29 is 19.1 Å². The van der Waals surface area contributed by atoms with Crippen molar-refractivity contribution in [2.45, 2.75) is 6.92 Å². The third-order valence-electron chi connectivity index (χ3n) is 4.06. The van der Waals surface area contributed by atoms with E-state index in [0.29, 0.717) is 27.4 Å². The molecule has 0 aliphatic carbocycles. The van der Waals surface area contributed by atoms with Gasteiger partial charge in [-0.25, -0.2) is 4.79 Å². The second-order valence-corrected chi connectivity index (χ2v) is 6.93. The Morgan fingerprint density at radius 3 is 2.25 bits per heavy atom. The van der Waals surface area contributed by atoms with Gasteiger partial charge in [-0.05, 0) is 60.3 Å². The van der Waals surface area contributed by atoms with Gasteiger partial charge in [-0.3, -0.25) is 9.59 Å². The third kappa shape index (κ3) is 4.44. The number of rotatable bonds is 5. The standard InChI is InChI=1S/C21H18N2O4S/c1-13-5-6-15(21(26)27-2)12-17(13)23-19(24)14-7-9-16(10-8-14)22-20(25)18-4-3-11-28-18/h3-12H,1-2H3,(H,22,25)(H,23,24). The fraction of sp³-hybridized carbons (Fsp3) is 0.0952. The summed E-state index contributed by atoms with van der Waals surface area (Å²) in [4.78, 5) is 36.9. The Bertz CT molecular complexity index is 1010. The molecular weight excluding hydrogens is 376 g/mol. The molecule has 3 rings (SSSR count). The lowest BCUT2D eigenvalue weighted by Crippen LogP contribution is -2.14. The fourth-order valence-electron chi connectivity index (χ4n) is 2.50. The molecule has 6 nitrogen and oxygen atoms in total. The van der Waals surface area contributed by atoms with E-state index in [1.54, 1.807) is 48.5 Å². The highest BCUT2D eigenvalue weighted by Crippen LogP contribution is 2.20. The van der Waals surface area contributed by atoms with E-state index in [4.69, 9.17) is 4.74 Å². The molecule has 2 amide bonds. The van der Waals surface area contributed by atoms with Crippen molar-refractivity contribution in [3.05, 3.63) is 81.5 Å². The van der Waals surface area contributed by atoms with Gasteiger partial charge >= 0.3 is 5.97 Å². The number of aryl methyl sites for hydroxylation is 1. The topological polar surface area (TPSA) is 84.5 Å². The molecule has 0 bridgehead atoms. The molecule has 0 fully saturated rings. The van der Waals surface area contributed by atoms with Crippen LogP contribution in [-0.2, 0) is 4.74 Å². The summed E-state index contributed by atoms with van der Waals surface area (Å²) in [6, 6.07) is 15.1. The van der Waals surface area contributed by atoms with Crippen LogP contribution in [0.5, 0.6) is 0 Å².